The Hall–Kier alpha value is -3.94. The van der Waals surface area contributed by atoms with Gasteiger partial charge in [-0.05, 0) is 29.8 Å². The molecule has 2 aromatic heterocycles. The van der Waals surface area contributed by atoms with E-state index in [0.29, 0.717) is 29.1 Å². The Morgan fingerprint density at radius 1 is 1.10 bits per heavy atom. The molecule has 0 atom stereocenters. The zero-order chi connectivity index (χ0) is 20.2. The molecule has 0 bridgehead atoms. The molecule has 0 aliphatic carbocycles. The summed E-state index contributed by atoms with van der Waals surface area (Å²) in [6.07, 6.45) is 4.34. The van der Waals surface area contributed by atoms with Crippen LogP contribution in [0, 0.1) is 5.82 Å². The molecule has 8 heteroatoms. The number of aromatic nitrogens is 3. The summed E-state index contributed by atoms with van der Waals surface area (Å²) >= 11 is 0. The van der Waals surface area contributed by atoms with Gasteiger partial charge in [0.2, 0.25) is 5.78 Å². The number of hydrogen-bond donors (Lipinski definition) is 1. The largest absolute Gasteiger partial charge is 0.487 e. The molecule has 0 spiro atoms. The van der Waals surface area contributed by atoms with Gasteiger partial charge in [0.25, 0.3) is 0 Å². The molecule has 0 saturated carbocycles. The highest BCUT2D eigenvalue weighted by Crippen LogP contribution is 2.25. The van der Waals surface area contributed by atoms with Crippen molar-refractivity contribution < 1.29 is 18.7 Å². The third kappa shape index (κ3) is 4.32. The highest BCUT2D eigenvalue weighted by Gasteiger charge is 2.11. The van der Waals surface area contributed by atoms with Crippen LogP contribution in [0.5, 0.6) is 5.75 Å². The van der Waals surface area contributed by atoms with Crippen LogP contribution >= 0.6 is 0 Å². The van der Waals surface area contributed by atoms with Crippen LogP contribution in [-0.2, 0) is 18.0 Å². The van der Waals surface area contributed by atoms with Crippen LogP contribution in [-0.4, -0.2) is 20.5 Å². The van der Waals surface area contributed by atoms with Gasteiger partial charge in [0.15, 0.2) is 0 Å². The number of rotatable bonds is 6. The maximum absolute atomic E-state index is 13.7. The molecule has 2 heterocycles. The molecular weight excluding hydrogens is 375 g/mol. The summed E-state index contributed by atoms with van der Waals surface area (Å²) in [6.45, 7) is 0.164. The number of nitrogens with two attached hydrogens (primary N) is 1. The molecule has 4 aromatic rings. The first-order chi connectivity index (χ1) is 14.1. The Morgan fingerprint density at radius 2 is 1.93 bits per heavy atom. The van der Waals surface area contributed by atoms with E-state index in [2.05, 4.69) is 9.97 Å². The van der Waals surface area contributed by atoms with Gasteiger partial charge in [0.1, 0.15) is 24.8 Å². The van der Waals surface area contributed by atoms with Crippen LogP contribution in [0.4, 0.5) is 9.18 Å². The first-order valence-corrected chi connectivity index (χ1v) is 8.81. The molecule has 4 rings (SSSR count). The molecule has 0 saturated heterocycles. The Morgan fingerprint density at radius 3 is 2.72 bits per heavy atom. The van der Waals surface area contributed by atoms with Gasteiger partial charge in [0, 0.05) is 29.7 Å². The van der Waals surface area contributed by atoms with Crippen molar-refractivity contribution >= 4 is 11.9 Å². The van der Waals surface area contributed by atoms with Gasteiger partial charge in [-0.15, -0.1) is 0 Å². The predicted octanol–water partition coefficient (Wildman–Crippen LogP) is 3.71. The van der Waals surface area contributed by atoms with Crippen molar-refractivity contribution in [2.24, 2.45) is 5.73 Å². The normalized spacial score (nSPS) is 10.8. The van der Waals surface area contributed by atoms with Gasteiger partial charge in [0.05, 0.1) is 5.69 Å². The number of benzene rings is 2. The third-order valence-electron chi connectivity index (χ3n) is 4.24. The van der Waals surface area contributed by atoms with Crippen LogP contribution < -0.4 is 10.5 Å². The number of imidazole rings is 1. The summed E-state index contributed by atoms with van der Waals surface area (Å²) in [5, 5.41) is 0. The van der Waals surface area contributed by atoms with Crippen molar-refractivity contribution in [3.8, 4) is 16.9 Å². The Labute approximate surface area is 165 Å². The third-order valence-corrected chi connectivity index (χ3v) is 4.24. The molecule has 2 aromatic carbocycles. The average molecular weight is 392 g/mol. The molecule has 1 amide bonds. The average Bonchev–Trinajstić information content (AvgIpc) is 3.14. The predicted molar refractivity (Wildman–Crippen MR) is 104 cm³/mol. The summed E-state index contributed by atoms with van der Waals surface area (Å²) in [4.78, 5) is 19.7. The highest BCUT2D eigenvalue weighted by molar-refractivity contribution is 5.68. The van der Waals surface area contributed by atoms with Crippen LogP contribution in [0.3, 0.4) is 0 Å². The Bertz CT molecular complexity index is 1160. The molecule has 29 heavy (non-hydrogen) atoms. The van der Waals surface area contributed by atoms with E-state index < -0.39 is 11.9 Å². The maximum atomic E-state index is 13.7. The quantitative estimate of drug-likeness (QED) is 0.540. The van der Waals surface area contributed by atoms with Crippen molar-refractivity contribution in [3.05, 3.63) is 84.2 Å². The van der Waals surface area contributed by atoms with Crippen molar-refractivity contribution in [1.29, 1.82) is 0 Å². The van der Waals surface area contributed by atoms with Gasteiger partial charge in [-0.25, -0.2) is 19.2 Å². The molecule has 146 valence electrons. The molecule has 2 N–H and O–H groups in total. The number of ether oxygens (including phenoxy) is 2. The number of halogens is 1. The van der Waals surface area contributed by atoms with Crippen LogP contribution in [0.15, 0.2) is 67.1 Å². The summed E-state index contributed by atoms with van der Waals surface area (Å²) in [5.41, 5.74) is 7.62. The zero-order valence-corrected chi connectivity index (χ0v) is 15.3. The van der Waals surface area contributed by atoms with Crippen molar-refractivity contribution in [3.63, 3.8) is 0 Å². The summed E-state index contributed by atoms with van der Waals surface area (Å²) in [5.74, 6) is 0.829. The molecule has 0 unspecified atom stereocenters. The fourth-order valence-electron chi connectivity index (χ4n) is 2.93. The van der Waals surface area contributed by atoms with Crippen LogP contribution in [0.25, 0.3) is 16.9 Å². The van der Waals surface area contributed by atoms with E-state index in [1.54, 1.807) is 16.7 Å². The maximum Gasteiger partial charge on any atom is 0.404 e. The number of primary amides is 1. The lowest BCUT2D eigenvalue weighted by atomic mass is 10.0. The van der Waals surface area contributed by atoms with Gasteiger partial charge >= 0.3 is 6.09 Å². The lowest BCUT2D eigenvalue weighted by molar-refractivity contribution is 0.150. The molecule has 0 aliphatic rings. The first-order valence-electron chi connectivity index (χ1n) is 8.81. The van der Waals surface area contributed by atoms with E-state index in [0.717, 1.165) is 11.4 Å². The molecule has 7 nitrogen and oxygen atoms in total. The van der Waals surface area contributed by atoms with Gasteiger partial charge in [-0.3, -0.25) is 4.40 Å². The summed E-state index contributed by atoms with van der Waals surface area (Å²) in [6, 6.07) is 13.7. The smallest absolute Gasteiger partial charge is 0.404 e. The summed E-state index contributed by atoms with van der Waals surface area (Å²) in [7, 11) is 0. The fraction of sp³-hybridized carbons (Fsp3) is 0.0952. The number of amides is 1. The van der Waals surface area contributed by atoms with Gasteiger partial charge in [-0.2, -0.15) is 0 Å². The van der Waals surface area contributed by atoms with Crippen molar-refractivity contribution in [2.45, 2.75) is 13.2 Å². The van der Waals surface area contributed by atoms with Crippen molar-refractivity contribution in [2.75, 3.05) is 0 Å². The second kappa shape index (κ2) is 7.97. The van der Waals surface area contributed by atoms with Gasteiger partial charge < -0.3 is 15.2 Å². The second-order valence-electron chi connectivity index (χ2n) is 6.29. The first kappa shape index (κ1) is 18.4. The monoisotopic (exact) mass is 392 g/mol. The van der Waals surface area contributed by atoms with E-state index in [4.69, 9.17) is 15.2 Å². The van der Waals surface area contributed by atoms with E-state index in [-0.39, 0.29) is 6.61 Å². The lowest BCUT2D eigenvalue weighted by Crippen LogP contribution is -2.13. The van der Waals surface area contributed by atoms with E-state index in [1.807, 2.05) is 42.7 Å². The minimum Gasteiger partial charge on any atom is -0.487 e. The van der Waals surface area contributed by atoms with E-state index in [1.165, 1.54) is 12.1 Å². The van der Waals surface area contributed by atoms with Crippen LogP contribution in [0.2, 0.25) is 0 Å². The minimum absolute atomic E-state index is 0.138. The number of fused-ring (bicyclic) bond motifs is 1. The Kier molecular flexibility index (Phi) is 5.07. The molecule has 0 radical (unpaired) electrons. The number of para-hydroxylation sites is 1. The second-order valence-corrected chi connectivity index (χ2v) is 6.29. The number of nitrogens with zero attached hydrogens (tertiary/aromatic N) is 3. The summed E-state index contributed by atoms with van der Waals surface area (Å²) < 4.78 is 26.0. The van der Waals surface area contributed by atoms with Crippen molar-refractivity contribution in [1.82, 2.24) is 14.4 Å². The lowest BCUT2D eigenvalue weighted by Gasteiger charge is -2.10. The van der Waals surface area contributed by atoms with Gasteiger partial charge in [-0.1, -0.05) is 24.3 Å². The topological polar surface area (TPSA) is 91.7 Å². The Balaban J connectivity index is 1.60. The molecule has 0 aliphatic heterocycles. The fourth-order valence-corrected chi connectivity index (χ4v) is 2.93. The highest BCUT2D eigenvalue weighted by atomic mass is 19.1. The van der Waals surface area contributed by atoms with Crippen LogP contribution in [0.1, 0.15) is 11.3 Å². The standard InChI is InChI=1S/C21H17FN4O3/c22-16-6-7-19(14(8-16)12-29-20(23)27)15-9-24-21-25-17(11-26(21)10-15)13-28-18-4-2-1-3-5-18/h1-11H,12-13H2,(H2,23,27). The van der Waals surface area contributed by atoms with E-state index in [9.17, 15) is 9.18 Å². The SMILES string of the molecule is NC(=O)OCc1cc(F)ccc1-c1cnc2nc(COc3ccccc3)cn2c1. The molecule has 0 fully saturated rings. The number of hydrogen-bond acceptors (Lipinski definition) is 5. The zero-order valence-electron chi connectivity index (χ0n) is 15.3. The van der Waals surface area contributed by atoms with E-state index >= 15 is 0 Å². The number of carbonyl (C=O) groups excluding carboxylic acids is 1. The number of carbonyl (C=O) groups is 1. The molecular formula is C21H17FN4O3. The minimum atomic E-state index is -0.925.